The van der Waals surface area contributed by atoms with Crippen LogP contribution in [0.25, 0.3) is 22.3 Å². The van der Waals surface area contributed by atoms with Crippen molar-refractivity contribution in [3.8, 4) is 22.3 Å². The molecule has 0 unspecified atom stereocenters. The van der Waals surface area contributed by atoms with E-state index >= 15 is 0 Å². The molecule has 0 heterocycles. The summed E-state index contributed by atoms with van der Waals surface area (Å²) in [6, 6.07) is 24.7. The number of hydrogen-bond donors (Lipinski definition) is 0. The van der Waals surface area contributed by atoms with E-state index in [1.807, 2.05) is 0 Å². The largest absolute Gasteiger partial charge is 0.0622 e. The average molecular weight is 271 g/mol. The van der Waals surface area contributed by atoms with Crippen LogP contribution in [0.15, 0.2) is 60.7 Å². The van der Waals surface area contributed by atoms with Crippen LogP contribution in [0.4, 0.5) is 0 Å². The summed E-state index contributed by atoms with van der Waals surface area (Å²) in [6.45, 7) is 6.52. The average Bonchev–Trinajstić information content (AvgIpc) is 2.49. The maximum absolute atomic E-state index is 3.55. The Morgan fingerprint density at radius 2 is 0.952 bits per heavy atom. The van der Waals surface area contributed by atoms with Crippen molar-refractivity contribution in [2.45, 2.75) is 20.8 Å². The molecule has 1 radical (unpaired) electrons. The van der Waals surface area contributed by atoms with Gasteiger partial charge in [0.05, 0.1) is 0 Å². The third-order valence-corrected chi connectivity index (χ3v) is 4.00. The van der Waals surface area contributed by atoms with E-state index in [-0.39, 0.29) is 0 Å². The lowest BCUT2D eigenvalue weighted by atomic mass is 9.86. The molecule has 0 heteroatoms. The van der Waals surface area contributed by atoms with Crippen LogP contribution in [0.5, 0.6) is 0 Å². The second kappa shape index (κ2) is 5.57. The van der Waals surface area contributed by atoms with Gasteiger partial charge in [-0.15, -0.1) is 0 Å². The molecular formula is C21H19. The number of aryl methyl sites for hydroxylation is 2. The van der Waals surface area contributed by atoms with E-state index < -0.39 is 0 Å². The van der Waals surface area contributed by atoms with Crippen LogP contribution < -0.4 is 0 Å². The molecule has 0 saturated heterocycles. The third-order valence-electron chi connectivity index (χ3n) is 4.00. The third kappa shape index (κ3) is 2.50. The van der Waals surface area contributed by atoms with E-state index in [0.29, 0.717) is 0 Å². The second-order valence-corrected chi connectivity index (χ2v) is 5.48. The summed E-state index contributed by atoms with van der Waals surface area (Å²) in [5.41, 5.74) is 8.91. The molecule has 0 amide bonds. The molecule has 0 fully saturated rings. The number of hydrogen-bond acceptors (Lipinski definition) is 0. The highest BCUT2D eigenvalue weighted by atomic mass is 14.2. The van der Waals surface area contributed by atoms with Crippen LogP contribution in [-0.4, -0.2) is 0 Å². The van der Waals surface area contributed by atoms with Crippen molar-refractivity contribution in [2.75, 3.05) is 0 Å². The molecule has 0 aromatic heterocycles. The molecule has 0 bridgehead atoms. The Balaban J connectivity index is 2.29. The Kier molecular flexibility index (Phi) is 3.62. The molecule has 0 N–H and O–H groups in total. The summed E-state index contributed by atoms with van der Waals surface area (Å²) < 4.78 is 0. The van der Waals surface area contributed by atoms with Gasteiger partial charge in [-0.3, -0.25) is 0 Å². The number of rotatable bonds is 2. The molecule has 3 rings (SSSR count). The zero-order valence-corrected chi connectivity index (χ0v) is 12.8. The van der Waals surface area contributed by atoms with Crippen LogP contribution in [0, 0.1) is 26.8 Å². The van der Waals surface area contributed by atoms with Gasteiger partial charge in [-0.1, -0.05) is 60.7 Å². The quantitative estimate of drug-likeness (QED) is 0.557. The van der Waals surface area contributed by atoms with Gasteiger partial charge in [-0.2, -0.15) is 0 Å². The molecule has 21 heavy (non-hydrogen) atoms. The van der Waals surface area contributed by atoms with Crippen LogP contribution in [0.2, 0.25) is 0 Å². The van der Waals surface area contributed by atoms with Crippen molar-refractivity contribution < 1.29 is 0 Å². The maximum atomic E-state index is 3.55. The van der Waals surface area contributed by atoms with Gasteiger partial charge in [-0.05, 0) is 65.8 Å². The van der Waals surface area contributed by atoms with Gasteiger partial charge in [0.2, 0.25) is 0 Å². The highest BCUT2D eigenvalue weighted by molar-refractivity contribution is 5.82. The van der Waals surface area contributed by atoms with Crippen molar-refractivity contribution in [1.82, 2.24) is 0 Å². The lowest BCUT2D eigenvalue weighted by Gasteiger charge is -2.17. The van der Waals surface area contributed by atoms with E-state index in [2.05, 4.69) is 87.5 Å². The molecule has 3 aromatic carbocycles. The zero-order chi connectivity index (χ0) is 14.8. The Bertz CT molecular complexity index is 689. The summed E-state index contributed by atoms with van der Waals surface area (Å²) in [4.78, 5) is 0. The highest BCUT2D eigenvalue weighted by Crippen LogP contribution is 2.36. The molecule has 103 valence electrons. The Morgan fingerprint density at radius 3 is 1.33 bits per heavy atom. The predicted molar refractivity (Wildman–Crippen MR) is 90.4 cm³/mol. The van der Waals surface area contributed by atoms with Crippen molar-refractivity contribution in [1.29, 1.82) is 0 Å². The normalized spacial score (nSPS) is 10.6. The Morgan fingerprint density at radius 1 is 0.571 bits per heavy atom. The van der Waals surface area contributed by atoms with Crippen LogP contribution >= 0.6 is 0 Å². The summed E-state index contributed by atoms with van der Waals surface area (Å²) in [7, 11) is 0. The van der Waals surface area contributed by atoms with Gasteiger partial charge in [0.1, 0.15) is 0 Å². The summed E-state index contributed by atoms with van der Waals surface area (Å²) in [5.74, 6) is 0. The van der Waals surface area contributed by atoms with Crippen molar-refractivity contribution in [2.24, 2.45) is 0 Å². The topological polar surface area (TPSA) is 0 Å². The van der Waals surface area contributed by atoms with E-state index in [1.165, 1.54) is 38.9 Å². The summed E-state index contributed by atoms with van der Waals surface area (Å²) in [6.07, 6.45) is 0. The fourth-order valence-electron chi connectivity index (χ4n) is 3.17. The zero-order valence-electron chi connectivity index (χ0n) is 12.8. The molecule has 0 aliphatic carbocycles. The minimum Gasteiger partial charge on any atom is -0.0622 e. The molecule has 0 nitrogen and oxygen atoms in total. The van der Waals surface area contributed by atoms with Gasteiger partial charge < -0.3 is 0 Å². The lowest BCUT2D eigenvalue weighted by molar-refractivity contribution is 1.31. The molecular weight excluding hydrogens is 252 g/mol. The van der Waals surface area contributed by atoms with E-state index in [9.17, 15) is 0 Å². The fraction of sp³-hybridized carbons (Fsp3) is 0.143. The first-order valence-corrected chi connectivity index (χ1v) is 7.32. The van der Waals surface area contributed by atoms with E-state index in [1.54, 1.807) is 0 Å². The smallest absolute Gasteiger partial charge is 0.0107 e. The Labute approximate surface area is 127 Å². The van der Waals surface area contributed by atoms with Gasteiger partial charge in [0.15, 0.2) is 0 Å². The monoisotopic (exact) mass is 271 g/mol. The molecule has 3 aromatic rings. The summed E-state index contributed by atoms with van der Waals surface area (Å²) in [5, 5.41) is 0. The summed E-state index contributed by atoms with van der Waals surface area (Å²) >= 11 is 0. The molecule has 0 aliphatic heterocycles. The van der Waals surface area contributed by atoms with Gasteiger partial charge in [0.25, 0.3) is 0 Å². The van der Waals surface area contributed by atoms with E-state index in [0.717, 1.165) is 0 Å². The van der Waals surface area contributed by atoms with Gasteiger partial charge in [0, 0.05) is 0 Å². The molecule has 0 saturated carbocycles. The first kappa shape index (κ1) is 13.6. The minimum atomic E-state index is 1.22. The molecule has 0 aliphatic rings. The minimum absolute atomic E-state index is 1.22. The second-order valence-electron chi connectivity index (χ2n) is 5.48. The SMILES string of the molecule is Cc1[c]c(C)c(-c2ccccc2)c(C)c1-c1ccccc1. The van der Waals surface area contributed by atoms with Crippen molar-refractivity contribution in [3.63, 3.8) is 0 Å². The van der Waals surface area contributed by atoms with Crippen LogP contribution in [-0.2, 0) is 0 Å². The Hall–Kier alpha value is -2.34. The fourth-order valence-corrected chi connectivity index (χ4v) is 3.17. The highest BCUT2D eigenvalue weighted by Gasteiger charge is 2.13. The van der Waals surface area contributed by atoms with Crippen molar-refractivity contribution in [3.05, 3.63) is 83.4 Å². The van der Waals surface area contributed by atoms with E-state index in [4.69, 9.17) is 0 Å². The number of benzene rings is 3. The first-order chi connectivity index (χ1) is 10.2. The van der Waals surface area contributed by atoms with Gasteiger partial charge in [-0.25, -0.2) is 0 Å². The maximum Gasteiger partial charge on any atom is -0.0107 e. The molecule has 0 atom stereocenters. The standard InChI is InChI=1S/C21H19/c1-15-14-16(2)21(19-12-8-5-9-13-19)17(3)20(15)18-10-6-4-7-11-18/h4-13H,1-3H3. The lowest BCUT2D eigenvalue weighted by Crippen LogP contribution is -1.96. The first-order valence-electron chi connectivity index (χ1n) is 7.32. The predicted octanol–water partition coefficient (Wildman–Crippen LogP) is 5.75. The van der Waals surface area contributed by atoms with Gasteiger partial charge >= 0.3 is 0 Å². The molecule has 0 spiro atoms. The van der Waals surface area contributed by atoms with Crippen LogP contribution in [0.1, 0.15) is 16.7 Å². The van der Waals surface area contributed by atoms with Crippen molar-refractivity contribution >= 4 is 0 Å². The van der Waals surface area contributed by atoms with Crippen LogP contribution in [0.3, 0.4) is 0 Å².